The summed E-state index contributed by atoms with van der Waals surface area (Å²) in [6, 6.07) is 0. The van der Waals surface area contributed by atoms with E-state index in [1.165, 1.54) is 0 Å². The molecule has 2 aliphatic rings. The van der Waals surface area contributed by atoms with Crippen LogP contribution in [0.3, 0.4) is 0 Å². The molecule has 14 heteroatoms. The summed E-state index contributed by atoms with van der Waals surface area (Å²) in [5.74, 6) is 4.83. The van der Waals surface area contributed by atoms with Crippen LogP contribution in [0.2, 0.25) is 0 Å². The molecule has 35 heavy (non-hydrogen) atoms. The van der Waals surface area contributed by atoms with Crippen molar-refractivity contribution < 1.29 is 59.5 Å². The zero-order chi connectivity index (χ0) is 26.0. The largest absolute Gasteiger partial charge is 0.394 e. The van der Waals surface area contributed by atoms with Gasteiger partial charge in [-0.3, -0.25) is 10.2 Å². The van der Waals surface area contributed by atoms with Gasteiger partial charge < -0.3 is 54.7 Å². The smallest absolute Gasteiger partial charge is 0.233 e. The van der Waals surface area contributed by atoms with Crippen LogP contribution in [0.15, 0.2) is 0 Å². The molecule has 2 rings (SSSR count). The molecule has 0 aromatic rings. The number of aliphatic hydroxyl groups is 7. The first-order valence-electron chi connectivity index (χ1n) is 11.9. The Bertz CT molecular complexity index is 615. The molecule has 0 aromatic heterocycles. The summed E-state index contributed by atoms with van der Waals surface area (Å²) in [4.78, 5) is 11.1. The standard InChI is InChI=1S/C21H40N2O12/c22-23-13(26)7-5-3-1-2-4-6-8-32-21-19(17(30)15(28)12(10-25)34-21)35-20-18(31)16(29)14(27)11(9-24)33-20/h11-12,14-21,24-25,27-31H,1-10,22H2,(H,23,26). The van der Waals surface area contributed by atoms with E-state index >= 15 is 0 Å². The Labute approximate surface area is 203 Å². The lowest BCUT2D eigenvalue weighted by Gasteiger charge is -2.45. The van der Waals surface area contributed by atoms with E-state index < -0.39 is 74.6 Å². The summed E-state index contributed by atoms with van der Waals surface area (Å²) >= 11 is 0. The van der Waals surface area contributed by atoms with E-state index in [0.29, 0.717) is 12.8 Å². The first-order chi connectivity index (χ1) is 16.7. The van der Waals surface area contributed by atoms with Crippen LogP contribution in [-0.2, 0) is 23.7 Å². The number of amides is 1. The van der Waals surface area contributed by atoms with Gasteiger partial charge in [0.15, 0.2) is 12.6 Å². The van der Waals surface area contributed by atoms with Gasteiger partial charge in [0.2, 0.25) is 5.91 Å². The van der Waals surface area contributed by atoms with Crippen LogP contribution in [0.4, 0.5) is 0 Å². The maximum atomic E-state index is 11.1. The highest BCUT2D eigenvalue weighted by Gasteiger charge is 2.50. The Kier molecular flexibility index (Phi) is 13.2. The molecule has 2 saturated heterocycles. The second-order valence-electron chi connectivity index (χ2n) is 8.81. The number of hydrogen-bond donors (Lipinski definition) is 9. The summed E-state index contributed by atoms with van der Waals surface area (Å²) in [6.45, 7) is -1.05. The molecule has 1 amide bonds. The fourth-order valence-electron chi connectivity index (χ4n) is 4.04. The van der Waals surface area contributed by atoms with Crippen molar-refractivity contribution in [2.24, 2.45) is 5.84 Å². The molecule has 0 saturated carbocycles. The predicted octanol–water partition coefficient (Wildman–Crippen LogP) is -3.65. The van der Waals surface area contributed by atoms with Gasteiger partial charge in [0.25, 0.3) is 0 Å². The van der Waals surface area contributed by atoms with Gasteiger partial charge in [0.1, 0.15) is 48.8 Å². The second kappa shape index (κ2) is 15.3. The van der Waals surface area contributed by atoms with Gasteiger partial charge in [-0.05, 0) is 12.8 Å². The van der Waals surface area contributed by atoms with E-state index in [0.717, 1.165) is 32.1 Å². The Morgan fingerprint density at radius 1 is 0.743 bits per heavy atom. The van der Waals surface area contributed by atoms with Crippen LogP contribution in [-0.4, -0.2) is 123 Å². The van der Waals surface area contributed by atoms with Gasteiger partial charge in [0.05, 0.1) is 13.2 Å². The van der Waals surface area contributed by atoms with Crippen molar-refractivity contribution in [3.05, 3.63) is 0 Å². The summed E-state index contributed by atoms with van der Waals surface area (Å²) < 4.78 is 22.2. The third-order valence-electron chi connectivity index (χ3n) is 6.21. The van der Waals surface area contributed by atoms with Crippen LogP contribution in [0.25, 0.3) is 0 Å². The molecule has 0 radical (unpaired) electrons. The number of nitrogens with two attached hydrogens (primary N) is 1. The van der Waals surface area contributed by atoms with E-state index in [9.17, 15) is 40.5 Å². The maximum absolute atomic E-state index is 11.1. The van der Waals surface area contributed by atoms with E-state index in [4.69, 9.17) is 24.8 Å². The van der Waals surface area contributed by atoms with Crippen LogP contribution < -0.4 is 11.3 Å². The number of unbranched alkanes of at least 4 members (excludes halogenated alkanes) is 5. The fraction of sp³-hybridized carbons (Fsp3) is 0.952. The van der Waals surface area contributed by atoms with Gasteiger partial charge in [-0.15, -0.1) is 0 Å². The van der Waals surface area contributed by atoms with E-state index in [2.05, 4.69) is 5.43 Å². The topological polar surface area (TPSA) is 234 Å². The molecule has 2 aliphatic heterocycles. The van der Waals surface area contributed by atoms with Crippen molar-refractivity contribution in [2.45, 2.75) is 106 Å². The number of carbonyl (C=O) groups is 1. The summed E-state index contributed by atoms with van der Waals surface area (Å²) in [5, 5.41) is 69.8. The van der Waals surface area contributed by atoms with Crippen LogP contribution in [0.1, 0.15) is 44.9 Å². The molecule has 0 spiro atoms. The minimum absolute atomic E-state index is 0.195. The number of carbonyl (C=O) groups excluding carboxylic acids is 1. The molecule has 206 valence electrons. The molecule has 0 aliphatic carbocycles. The lowest BCUT2D eigenvalue weighted by molar-refractivity contribution is -0.367. The highest BCUT2D eigenvalue weighted by atomic mass is 16.8. The van der Waals surface area contributed by atoms with E-state index in [-0.39, 0.29) is 12.5 Å². The van der Waals surface area contributed by atoms with Crippen molar-refractivity contribution in [3.63, 3.8) is 0 Å². The van der Waals surface area contributed by atoms with Gasteiger partial charge in [-0.25, -0.2) is 5.84 Å². The monoisotopic (exact) mass is 512 g/mol. The number of hydrogen-bond acceptors (Lipinski definition) is 13. The molecule has 2 heterocycles. The average Bonchev–Trinajstić information content (AvgIpc) is 2.86. The average molecular weight is 513 g/mol. The summed E-state index contributed by atoms with van der Waals surface area (Å²) in [7, 11) is 0. The number of nitrogens with one attached hydrogen (secondary N) is 1. The van der Waals surface area contributed by atoms with Gasteiger partial charge in [-0.1, -0.05) is 25.7 Å². The van der Waals surface area contributed by atoms with Crippen molar-refractivity contribution in [1.82, 2.24) is 5.43 Å². The Morgan fingerprint density at radius 3 is 1.89 bits per heavy atom. The molecular formula is C21H40N2O12. The summed E-state index contributed by atoms with van der Waals surface area (Å²) in [6.07, 6.45) is -9.36. The second-order valence-corrected chi connectivity index (χ2v) is 8.81. The molecule has 10 N–H and O–H groups in total. The lowest BCUT2D eigenvalue weighted by atomic mass is 9.97. The van der Waals surface area contributed by atoms with Crippen molar-refractivity contribution in [1.29, 1.82) is 0 Å². The number of ether oxygens (including phenoxy) is 4. The molecule has 10 atom stereocenters. The van der Waals surface area contributed by atoms with Gasteiger partial charge in [0, 0.05) is 13.0 Å². The first kappa shape index (κ1) is 30.2. The third kappa shape index (κ3) is 8.52. The molecular weight excluding hydrogens is 472 g/mol. The lowest BCUT2D eigenvalue weighted by Crippen LogP contribution is -2.64. The third-order valence-corrected chi connectivity index (χ3v) is 6.21. The molecule has 0 aromatic carbocycles. The number of aliphatic hydroxyl groups excluding tert-OH is 7. The zero-order valence-electron chi connectivity index (χ0n) is 19.6. The SMILES string of the molecule is NNC(=O)CCCCCCCCOC1OC(CO)C(O)C(O)C1OC1OC(CO)C(O)C(O)C1O. The Balaban J connectivity index is 1.86. The molecule has 0 bridgehead atoms. The normalized spacial score (nSPS) is 37.8. The van der Waals surface area contributed by atoms with E-state index in [1.54, 1.807) is 0 Å². The molecule has 14 nitrogen and oxygen atoms in total. The highest BCUT2D eigenvalue weighted by Crippen LogP contribution is 2.29. The van der Waals surface area contributed by atoms with Crippen LogP contribution >= 0.6 is 0 Å². The quantitative estimate of drug-likeness (QED) is 0.0473. The van der Waals surface area contributed by atoms with Gasteiger partial charge >= 0.3 is 0 Å². The van der Waals surface area contributed by atoms with Crippen molar-refractivity contribution in [3.8, 4) is 0 Å². The predicted molar refractivity (Wildman–Crippen MR) is 117 cm³/mol. The minimum atomic E-state index is -1.72. The molecule has 10 unspecified atom stereocenters. The van der Waals surface area contributed by atoms with Crippen LogP contribution in [0, 0.1) is 0 Å². The highest BCUT2D eigenvalue weighted by molar-refractivity contribution is 5.75. The Morgan fingerprint density at radius 2 is 1.29 bits per heavy atom. The van der Waals surface area contributed by atoms with Crippen molar-refractivity contribution >= 4 is 5.91 Å². The first-order valence-corrected chi connectivity index (χ1v) is 11.9. The molecule has 2 fully saturated rings. The zero-order valence-corrected chi connectivity index (χ0v) is 19.6. The fourth-order valence-corrected chi connectivity index (χ4v) is 4.04. The van der Waals surface area contributed by atoms with Gasteiger partial charge in [-0.2, -0.15) is 0 Å². The maximum Gasteiger partial charge on any atom is 0.233 e. The van der Waals surface area contributed by atoms with Crippen molar-refractivity contribution in [2.75, 3.05) is 19.8 Å². The van der Waals surface area contributed by atoms with E-state index in [1.807, 2.05) is 0 Å². The minimum Gasteiger partial charge on any atom is -0.394 e. The Hall–Kier alpha value is -1.01. The summed E-state index contributed by atoms with van der Waals surface area (Å²) in [5.41, 5.74) is 2.09. The number of rotatable bonds is 14. The number of hydrazine groups is 1. The van der Waals surface area contributed by atoms with Crippen LogP contribution in [0.5, 0.6) is 0 Å².